The molecule has 0 saturated carbocycles. The van der Waals surface area contributed by atoms with Crippen LogP contribution in [0.2, 0.25) is 5.02 Å². The van der Waals surface area contributed by atoms with Gasteiger partial charge in [-0.3, -0.25) is 9.69 Å². The van der Waals surface area contributed by atoms with Crippen molar-refractivity contribution >= 4 is 17.5 Å². The average molecular weight is 438 g/mol. The predicted molar refractivity (Wildman–Crippen MR) is 123 cm³/mol. The maximum absolute atomic E-state index is 12.9. The van der Waals surface area contributed by atoms with Crippen LogP contribution in [0.4, 0.5) is 0 Å². The number of likely N-dealkylation sites (tertiary alicyclic amines) is 1. The Morgan fingerprint density at radius 2 is 2.06 bits per heavy atom. The number of hydrogen-bond acceptors (Lipinski definition) is 4. The van der Waals surface area contributed by atoms with Crippen LogP contribution in [-0.4, -0.2) is 28.9 Å². The van der Waals surface area contributed by atoms with Gasteiger partial charge < -0.3 is 9.73 Å². The van der Waals surface area contributed by atoms with Crippen molar-refractivity contribution in [1.82, 2.24) is 15.2 Å². The first-order valence-corrected chi connectivity index (χ1v) is 11.2. The maximum atomic E-state index is 12.9. The molecule has 2 unspecified atom stereocenters. The Balaban J connectivity index is 1.38. The van der Waals surface area contributed by atoms with Crippen molar-refractivity contribution in [1.29, 1.82) is 0 Å². The van der Waals surface area contributed by atoms with E-state index in [2.05, 4.69) is 10.2 Å². The molecule has 0 radical (unpaired) electrons. The Hall–Kier alpha value is -2.63. The number of piperidine rings is 1. The van der Waals surface area contributed by atoms with E-state index in [1.165, 1.54) is 0 Å². The largest absolute Gasteiger partial charge is 0.441 e. The van der Waals surface area contributed by atoms with Gasteiger partial charge in [0.15, 0.2) is 0 Å². The van der Waals surface area contributed by atoms with E-state index in [0.717, 1.165) is 48.5 Å². The van der Waals surface area contributed by atoms with E-state index in [4.69, 9.17) is 21.0 Å². The van der Waals surface area contributed by atoms with Gasteiger partial charge in [-0.1, -0.05) is 48.0 Å². The Labute approximate surface area is 188 Å². The molecule has 0 bridgehead atoms. The zero-order chi connectivity index (χ0) is 21.8. The van der Waals surface area contributed by atoms with Crippen LogP contribution in [0.15, 0.2) is 59.0 Å². The highest BCUT2D eigenvalue weighted by molar-refractivity contribution is 6.30. The van der Waals surface area contributed by atoms with Crippen molar-refractivity contribution in [3.63, 3.8) is 0 Å². The molecule has 1 aromatic heterocycles. The molecule has 5 nitrogen and oxygen atoms in total. The first-order chi connectivity index (χ1) is 15.0. The van der Waals surface area contributed by atoms with Crippen molar-refractivity contribution in [3.8, 4) is 11.5 Å². The summed E-state index contributed by atoms with van der Waals surface area (Å²) in [7, 11) is 0. The molecule has 6 heteroatoms. The molecular weight excluding hydrogens is 410 g/mol. The molecule has 1 fully saturated rings. The number of nitrogens with zero attached hydrogens (tertiary/aromatic N) is 2. The second-order valence-corrected chi connectivity index (χ2v) is 8.68. The molecule has 1 amide bonds. The lowest BCUT2D eigenvalue weighted by molar-refractivity contribution is -0.127. The summed E-state index contributed by atoms with van der Waals surface area (Å²) < 4.78 is 5.90. The van der Waals surface area contributed by atoms with Gasteiger partial charge in [0, 0.05) is 23.7 Å². The number of oxazole rings is 1. The Morgan fingerprint density at radius 3 is 2.84 bits per heavy atom. The van der Waals surface area contributed by atoms with Crippen LogP contribution in [0, 0.1) is 12.8 Å². The second-order valence-electron chi connectivity index (χ2n) is 8.25. The summed E-state index contributed by atoms with van der Waals surface area (Å²) in [4.78, 5) is 19.9. The number of carbonyl (C=O) groups excluding carboxylic acids is 1. The molecule has 162 valence electrons. The molecule has 4 rings (SSSR count). The first-order valence-electron chi connectivity index (χ1n) is 10.8. The fourth-order valence-electron chi connectivity index (χ4n) is 4.10. The summed E-state index contributed by atoms with van der Waals surface area (Å²) in [5.74, 6) is 1.49. The zero-order valence-corrected chi connectivity index (χ0v) is 18.7. The molecule has 0 aliphatic carbocycles. The number of nitrogens with one attached hydrogen (secondary N) is 1. The summed E-state index contributed by atoms with van der Waals surface area (Å²) in [5, 5.41) is 3.84. The van der Waals surface area contributed by atoms with E-state index in [1.54, 1.807) is 0 Å². The van der Waals surface area contributed by atoms with Gasteiger partial charge in [0.2, 0.25) is 11.8 Å². The lowest BCUT2D eigenvalue weighted by atomic mass is 9.96. The van der Waals surface area contributed by atoms with Crippen molar-refractivity contribution < 1.29 is 9.21 Å². The van der Waals surface area contributed by atoms with Gasteiger partial charge in [0.1, 0.15) is 5.76 Å². The highest BCUT2D eigenvalue weighted by atomic mass is 35.5. The standard InChI is InChI=1S/C25H28ClN3O2/c1-17(19-8-4-3-5-9-19)27-24(30)21-11-7-13-29(15-21)16-23-18(2)31-25(28-23)20-10-6-12-22(26)14-20/h3-6,8-10,12,14,17,21H,7,11,13,15-16H2,1-2H3,(H,27,30). The van der Waals surface area contributed by atoms with E-state index in [1.807, 2.05) is 68.4 Å². The number of halogens is 1. The molecule has 1 aliphatic rings. The van der Waals surface area contributed by atoms with Crippen molar-refractivity contribution in [2.24, 2.45) is 5.92 Å². The molecule has 2 aromatic carbocycles. The SMILES string of the molecule is Cc1oc(-c2cccc(Cl)c2)nc1CN1CCCC(C(=O)NC(C)c2ccccc2)C1. The third kappa shape index (κ3) is 5.35. The monoisotopic (exact) mass is 437 g/mol. The van der Waals surface area contributed by atoms with Gasteiger partial charge in [-0.15, -0.1) is 0 Å². The van der Waals surface area contributed by atoms with Crippen LogP contribution in [-0.2, 0) is 11.3 Å². The van der Waals surface area contributed by atoms with E-state index in [9.17, 15) is 4.79 Å². The van der Waals surface area contributed by atoms with E-state index >= 15 is 0 Å². The summed E-state index contributed by atoms with van der Waals surface area (Å²) in [6, 6.07) is 17.6. The molecule has 0 spiro atoms. The minimum absolute atomic E-state index is 0.00196. The fraction of sp³-hybridized carbons (Fsp3) is 0.360. The minimum Gasteiger partial charge on any atom is -0.441 e. The molecule has 1 saturated heterocycles. The molecule has 2 atom stereocenters. The Morgan fingerprint density at radius 1 is 1.26 bits per heavy atom. The van der Waals surface area contributed by atoms with Crippen LogP contribution in [0.25, 0.3) is 11.5 Å². The molecule has 31 heavy (non-hydrogen) atoms. The topological polar surface area (TPSA) is 58.4 Å². The number of carbonyl (C=O) groups is 1. The van der Waals surface area contributed by atoms with Crippen molar-refractivity contribution in [2.75, 3.05) is 13.1 Å². The van der Waals surface area contributed by atoms with Crippen LogP contribution < -0.4 is 5.32 Å². The van der Waals surface area contributed by atoms with Gasteiger partial charge >= 0.3 is 0 Å². The first kappa shape index (κ1) is 21.6. The third-order valence-corrected chi connectivity index (χ3v) is 6.11. The van der Waals surface area contributed by atoms with E-state index < -0.39 is 0 Å². The molecule has 1 N–H and O–H groups in total. The molecule has 1 aliphatic heterocycles. The maximum Gasteiger partial charge on any atom is 0.226 e. The smallest absolute Gasteiger partial charge is 0.226 e. The Bertz CT molecular complexity index is 1030. The normalized spacial score (nSPS) is 18.0. The zero-order valence-electron chi connectivity index (χ0n) is 18.0. The number of benzene rings is 2. The Kier molecular flexibility index (Phi) is 6.73. The highest BCUT2D eigenvalue weighted by Crippen LogP contribution is 2.26. The summed E-state index contributed by atoms with van der Waals surface area (Å²) in [6.45, 7) is 6.33. The second kappa shape index (κ2) is 9.67. The number of hydrogen-bond donors (Lipinski definition) is 1. The van der Waals surface area contributed by atoms with Gasteiger partial charge in [0.25, 0.3) is 0 Å². The fourth-order valence-corrected chi connectivity index (χ4v) is 4.29. The van der Waals surface area contributed by atoms with E-state index in [0.29, 0.717) is 17.5 Å². The summed E-state index contributed by atoms with van der Waals surface area (Å²) in [6.07, 6.45) is 1.91. The minimum atomic E-state index is -0.0143. The number of aromatic nitrogens is 1. The van der Waals surface area contributed by atoms with Crippen LogP contribution >= 0.6 is 11.6 Å². The van der Waals surface area contributed by atoms with Crippen molar-refractivity contribution in [3.05, 3.63) is 76.6 Å². The van der Waals surface area contributed by atoms with Gasteiger partial charge in [-0.2, -0.15) is 0 Å². The van der Waals surface area contributed by atoms with Crippen LogP contribution in [0.5, 0.6) is 0 Å². The number of rotatable bonds is 6. The summed E-state index contributed by atoms with van der Waals surface area (Å²) >= 11 is 6.10. The average Bonchev–Trinajstić information content (AvgIpc) is 3.14. The van der Waals surface area contributed by atoms with Crippen molar-refractivity contribution in [2.45, 2.75) is 39.3 Å². The quantitative estimate of drug-likeness (QED) is 0.561. The number of aryl methyl sites for hydroxylation is 1. The molecular formula is C25H28ClN3O2. The molecule has 3 aromatic rings. The summed E-state index contributed by atoms with van der Waals surface area (Å²) in [5.41, 5.74) is 2.90. The molecule has 2 heterocycles. The highest BCUT2D eigenvalue weighted by Gasteiger charge is 2.28. The number of amides is 1. The van der Waals surface area contributed by atoms with Gasteiger partial charge in [0.05, 0.1) is 17.7 Å². The van der Waals surface area contributed by atoms with Gasteiger partial charge in [-0.05, 0) is 57.0 Å². The van der Waals surface area contributed by atoms with Crippen LogP contribution in [0.3, 0.4) is 0 Å². The predicted octanol–water partition coefficient (Wildman–Crippen LogP) is 5.39. The lowest BCUT2D eigenvalue weighted by Gasteiger charge is -2.32. The third-order valence-electron chi connectivity index (χ3n) is 5.87. The van der Waals surface area contributed by atoms with Crippen LogP contribution in [0.1, 0.15) is 42.8 Å². The van der Waals surface area contributed by atoms with E-state index in [-0.39, 0.29) is 17.9 Å². The lowest BCUT2D eigenvalue weighted by Crippen LogP contribution is -2.43. The van der Waals surface area contributed by atoms with Gasteiger partial charge in [-0.25, -0.2) is 4.98 Å².